The molecular formula is C15H19N3O2. The van der Waals surface area contributed by atoms with E-state index < -0.39 is 0 Å². The van der Waals surface area contributed by atoms with Crippen molar-refractivity contribution in [3.63, 3.8) is 0 Å². The number of nitrogens with zero attached hydrogens (tertiary/aromatic N) is 1. The van der Waals surface area contributed by atoms with Gasteiger partial charge in [-0.1, -0.05) is 6.07 Å². The molecule has 0 saturated carbocycles. The quantitative estimate of drug-likeness (QED) is 0.508. The van der Waals surface area contributed by atoms with E-state index in [2.05, 4.69) is 37.5 Å². The number of aryl methyl sites for hydroxylation is 2. The molecule has 0 atom stereocenters. The summed E-state index contributed by atoms with van der Waals surface area (Å²) < 4.78 is 5.38. The summed E-state index contributed by atoms with van der Waals surface area (Å²) in [5, 5.41) is 0. The second-order valence-electron chi connectivity index (χ2n) is 4.93. The van der Waals surface area contributed by atoms with Crippen LogP contribution in [0, 0.1) is 13.8 Å². The number of carbonyl (C=O) groups is 1. The van der Waals surface area contributed by atoms with Crippen LogP contribution in [0.3, 0.4) is 0 Å². The van der Waals surface area contributed by atoms with Gasteiger partial charge >= 0.3 is 0 Å². The van der Waals surface area contributed by atoms with Crippen molar-refractivity contribution in [2.75, 3.05) is 11.9 Å². The van der Waals surface area contributed by atoms with E-state index in [1.165, 1.54) is 17.4 Å². The lowest BCUT2D eigenvalue weighted by Gasteiger charge is -2.19. The lowest BCUT2D eigenvalue weighted by atomic mass is 10.1. The number of hydrogen-bond donors (Lipinski definition) is 2. The molecule has 2 aromatic rings. The van der Waals surface area contributed by atoms with Gasteiger partial charge in [0.1, 0.15) is 5.76 Å². The number of furan rings is 1. The predicted octanol–water partition coefficient (Wildman–Crippen LogP) is 2.14. The van der Waals surface area contributed by atoms with Gasteiger partial charge in [0, 0.05) is 12.7 Å². The van der Waals surface area contributed by atoms with Gasteiger partial charge in [0.05, 0.1) is 18.4 Å². The number of hydrogen-bond acceptors (Lipinski definition) is 4. The van der Waals surface area contributed by atoms with E-state index in [-0.39, 0.29) is 5.91 Å². The maximum atomic E-state index is 11.6. The van der Waals surface area contributed by atoms with Crippen LogP contribution in [0.1, 0.15) is 27.2 Å². The fraction of sp³-hybridized carbons (Fsp3) is 0.267. The molecule has 0 saturated heterocycles. The fourth-order valence-corrected chi connectivity index (χ4v) is 2.22. The highest BCUT2D eigenvalue weighted by Gasteiger charge is 2.15. The topological polar surface area (TPSA) is 71.5 Å². The lowest BCUT2D eigenvalue weighted by molar-refractivity contribution is 0.0951. The molecule has 2 rings (SSSR count). The highest BCUT2D eigenvalue weighted by Crippen LogP contribution is 2.21. The molecule has 0 bridgehead atoms. The highest BCUT2D eigenvalue weighted by atomic mass is 16.3. The Balaban J connectivity index is 2.21. The number of nitrogen functional groups attached to an aromatic ring is 1. The molecule has 1 heterocycles. The van der Waals surface area contributed by atoms with Crippen molar-refractivity contribution in [1.82, 2.24) is 5.43 Å². The first-order chi connectivity index (χ1) is 9.51. The Morgan fingerprint density at radius 3 is 2.55 bits per heavy atom. The zero-order valence-corrected chi connectivity index (χ0v) is 11.9. The second kappa shape index (κ2) is 5.79. The van der Waals surface area contributed by atoms with Crippen LogP contribution >= 0.6 is 0 Å². The van der Waals surface area contributed by atoms with E-state index in [4.69, 9.17) is 10.3 Å². The minimum absolute atomic E-state index is 0.345. The standard InChI is InChI=1S/C15H19N3O2/c1-10-6-11(2)8-12(7-10)18(3)9-14-13(4-5-20-14)15(19)17-16/h4-8H,9,16H2,1-3H3,(H,17,19). The first-order valence-electron chi connectivity index (χ1n) is 6.38. The van der Waals surface area contributed by atoms with Crippen LogP contribution in [0.5, 0.6) is 0 Å². The molecule has 0 radical (unpaired) electrons. The molecule has 5 heteroatoms. The average Bonchev–Trinajstić information content (AvgIpc) is 2.84. The van der Waals surface area contributed by atoms with E-state index >= 15 is 0 Å². The van der Waals surface area contributed by atoms with Crippen molar-refractivity contribution in [3.05, 3.63) is 53.0 Å². The zero-order valence-electron chi connectivity index (χ0n) is 11.9. The Morgan fingerprint density at radius 2 is 1.95 bits per heavy atom. The molecule has 0 aliphatic rings. The van der Waals surface area contributed by atoms with Gasteiger partial charge in [0.25, 0.3) is 5.91 Å². The molecule has 0 spiro atoms. The van der Waals surface area contributed by atoms with E-state index in [0.717, 1.165) is 5.69 Å². The SMILES string of the molecule is Cc1cc(C)cc(N(C)Cc2occc2C(=O)NN)c1. The molecular weight excluding hydrogens is 254 g/mol. The Morgan fingerprint density at radius 1 is 1.30 bits per heavy atom. The number of benzene rings is 1. The molecule has 1 aromatic heterocycles. The molecule has 0 aliphatic heterocycles. The van der Waals surface area contributed by atoms with Crippen LogP contribution in [-0.2, 0) is 6.54 Å². The summed E-state index contributed by atoms with van der Waals surface area (Å²) in [6.45, 7) is 4.62. The number of amides is 1. The summed E-state index contributed by atoms with van der Waals surface area (Å²) in [6, 6.07) is 7.93. The maximum absolute atomic E-state index is 11.6. The van der Waals surface area contributed by atoms with Crippen LogP contribution in [-0.4, -0.2) is 13.0 Å². The first kappa shape index (κ1) is 14.1. The van der Waals surface area contributed by atoms with Crippen molar-refractivity contribution in [1.29, 1.82) is 0 Å². The monoisotopic (exact) mass is 273 g/mol. The molecule has 106 valence electrons. The van der Waals surface area contributed by atoms with Crippen molar-refractivity contribution in [2.24, 2.45) is 5.84 Å². The first-order valence-corrected chi connectivity index (χ1v) is 6.38. The Labute approximate surface area is 118 Å². The van der Waals surface area contributed by atoms with Crippen molar-refractivity contribution < 1.29 is 9.21 Å². The van der Waals surface area contributed by atoms with Crippen LogP contribution < -0.4 is 16.2 Å². The second-order valence-corrected chi connectivity index (χ2v) is 4.93. The van der Waals surface area contributed by atoms with E-state index in [9.17, 15) is 4.79 Å². The van der Waals surface area contributed by atoms with Gasteiger partial charge in [0.15, 0.2) is 0 Å². The largest absolute Gasteiger partial charge is 0.467 e. The van der Waals surface area contributed by atoms with Gasteiger partial charge in [0.2, 0.25) is 0 Å². The number of nitrogens with one attached hydrogen (secondary N) is 1. The molecule has 5 nitrogen and oxygen atoms in total. The van der Waals surface area contributed by atoms with Crippen LogP contribution in [0.2, 0.25) is 0 Å². The number of carbonyl (C=O) groups excluding carboxylic acids is 1. The minimum Gasteiger partial charge on any atom is -0.467 e. The Bertz CT molecular complexity index is 599. The average molecular weight is 273 g/mol. The summed E-state index contributed by atoms with van der Waals surface area (Å²) in [6.07, 6.45) is 1.50. The number of hydrazine groups is 1. The Hall–Kier alpha value is -2.27. The lowest BCUT2D eigenvalue weighted by Crippen LogP contribution is -2.31. The van der Waals surface area contributed by atoms with Crippen LogP contribution in [0.4, 0.5) is 5.69 Å². The van der Waals surface area contributed by atoms with E-state index in [1.807, 2.05) is 11.9 Å². The van der Waals surface area contributed by atoms with E-state index in [0.29, 0.717) is 17.9 Å². The summed E-state index contributed by atoms with van der Waals surface area (Å²) in [5.74, 6) is 5.41. The predicted molar refractivity (Wildman–Crippen MR) is 78.4 cm³/mol. The number of anilines is 1. The normalized spacial score (nSPS) is 10.4. The van der Waals surface area contributed by atoms with Gasteiger partial charge < -0.3 is 9.32 Å². The molecule has 0 unspecified atom stereocenters. The summed E-state index contributed by atoms with van der Waals surface area (Å²) in [4.78, 5) is 13.6. The van der Waals surface area contributed by atoms with Crippen LogP contribution in [0.25, 0.3) is 0 Å². The van der Waals surface area contributed by atoms with E-state index in [1.54, 1.807) is 6.07 Å². The molecule has 3 N–H and O–H groups in total. The highest BCUT2D eigenvalue weighted by molar-refractivity contribution is 5.94. The molecule has 1 aromatic carbocycles. The number of nitrogens with two attached hydrogens (primary N) is 1. The zero-order chi connectivity index (χ0) is 14.7. The van der Waals surface area contributed by atoms with Gasteiger partial charge in [-0.25, -0.2) is 5.84 Å². The number of rotatable bonds is 4. The van der Waals surface area contributed by atoms with Crippen molar-refractivity contribution in [3.8, 4) is 0 Å². The van der Waals surface area contributed by atoms with Gasteiger partial charge in [-0.3, -0.25) is 10.2 Å². The van der Waals surface area contributed by atoms with Crippen LogP contribution in [0.15, 0.2) is 34.9 Å². The third-order valence-corrected chi connectivity index (χ3v) is 3.15. The third-order valence-electron chi connectivity index (χ3n) is 3.15. The Kier molecular flexibility index (Phi) is 4.10. The van der Waals surface area contributed by atoms with Gasteiger partial charge in [-0.05, 0) is 43.2 Å². The summed E-state index contributed by atoms with van der Waals surface area (Å²) >= 11 is 0. The maximum Gasteiger partial charge on any atom is 0.268 e. The fourth-order valence-electron chi connectivity index (χ4n) is 2.22. The van der Waals surface area contributed by atoms with Gasteiger partial charge in [-0.2, -0.15) is 0 Å². The van der Waals surface area contributed by atoms with Crippen molar-refractivity contribution in [2.45, 2.75) is 20.4 Å². The van der Waals surface area contributed by atoms with Gasteiger partial charge in [-0.15, -0.1) is 0 Å². The molecule has 0 aliphatic carbocycles. The third kappa shape index (κ3) is 3.00. The summed E-state index contributed by atoms with van der Waals surface area (Å²) in [7, 11) is 1.96. The smallest absolute Gasteiger partial charge is 0.268 e. The molecule has 1 amide bonds. The minimum atomic E-state index is -0.345. The van der Waals surface area contributed by atoms with Crippen molar-refractivity contribution >= 4 is 11.6 Å². The summed E-state index contributed by atoms with van der Waals surface area (Å²) in [5.41, 5.74) is 6.07. The molecule has 20 heavy (non-hydrogen) atoms. The molecule has 0 fully saturated rings.